The summed E-state index contributed by atoms with van der Waals surface area (Å²) < 4.78 is 5.49. The van der Waals surface area contributed by atoms with E-state index in [9.17, 15) is 14.4 Å². The quantitative estimate of drug-likeness (QED) is 0.535. The van der Waals surface area contributed by atoms with Crippen LogP contribution in [0.25, 0.3) is 0 Å². The van der Waals surface area contributed by atoms with Crippen molar-refractivity contribution in [2.75, 3.05) is 18.6 Å². The molecular weight excluding hydrogens is 442 g/mol. The van der Waals surface area contributed by atoms with Crippen LogP contribution in [-0.2, 0) is 9.59 Å². The molecule has 2 aliphatic rings. The van der Waals surface area contributed by atoms with Crippen LogP contribution in [0, 0.1) is 6.92 Å². The zero-order valence-electron chi connectivity index (χ0n) is 20.9. The number of aryl methyl sites for hydroxylation is 1. The summed E-state index contributed by atoms with van der Waals surface area (Å²) >= 11 is 0. The van der Waals surface area contributed by atoms with Gasteiger partial charge in [0.05, 0.1) is 13.2 Å². The fourth-order valence-corrected chi connectivity index (χ4v) is 5.43. The number of amides is 4. The molecule has 1 saturated heterocycles. The molecule has 2 aromatic carbocycles. The summed E-state index contributed by atoms with van der Waals surface area (Å²) in [4.78, 5) is 43.3. The maximum atomic E-state index is 13.7. The Bertz CT molecular complexity index is 1080. The molecule has 1 aliphatic heterocycles. The number of nitrogens with zero attached hydrogens (tertiary/aromatic N) is 2. The number of para-hydroxylation sites is 1. The van der Waals surface area contributed by atoms with Crippen molar-refractivity contribution in [3.63, 3.8) is 0 Å². The second-order valence-electron chi connectivity index (χ2n) is 9.59. The monoisotopic (exact) mass is 477 g/mol. The largest absolute Gasteiger partial charge is 0.496 e. The third kappa shape index (κ3) is 4.77. The highest BCUT2D eigenvalue weighted by atomic mass is 16.5. The summed E-state index contributed by atoms with van der Waals surface area (Å²) in [5.41, 5.74) is 1.76. The Labute approximate surface area is 207 Å². The number of rotatable bonds is 8. The van der Waals surface area contributed by atoms with E-state index >= 15 is 0 Å². The van der Waals surface area contributed by atoms with Gasteiger partial charge in [-0.25, -0.2) is 4.79 Å². The van der Waals surface area contributed by atoms with Crippen molar-refractivity contribution in [2.24, 2.45) is 0 Å². The molecule has 0 radical (unpaired) electrons. The first-order chi connectivity index (χ1) is 16.9. The Hall–Kier alpha value is -3.35. The predicted octanol–water partition coefficient (Wildman–Crippen LogP) is 5.13. The molecular formula is C28H35N3O4. The highest BCUT2D eigenvalue weighted by Gasteiger charge is 2.58. The van der Waals surface area contributed by atoms with Gasteiger partial charge in [0.25, 0.3) is 5.91 Å². The molecule has 7 nitrogen and oxygen atoms in total. The van der Waals surface area contributed by atoms with Crippen LogP contribution < -0.4 is 15.0 Å². The van der Waals surface area contributed by atoms with Crippen molar-refractivity contribution in [1.82, 2.24) is 10.2 Å². The summed E-state index contributed by atoms with van der Waals surface area (Å²) in [5.74, 6) is 0.0845. The van der Waals surface area contributed by atoms with E-state index in [1.807, 2.05) is 62.4 Å². The Morgan fingerprint density at radius 1 is 1.06 bits per heavy atom. The number of ether oxygens (including phenoxy) is 1. The van der Waals surface area contributed by atoms with Gasteiger partial charge in [-0.05, 0) is 44.4 Å². The molecule has 1 saturated carbocycles. The Balaban J connectivity index is 1.58. The highest BCUT2D eigenvalue weighted by molar-refractivity contribution is 6.18. The third-order valence-electron chi connectivity index (χ3n) is 7.19. The van der Waals surface area contributed by atoms with Crippen molar-refractivity contribution in [1.29, 1.82) is 0 Å². The van der Waals surface area contributed by atoms with Crippen LogP contribution in [0.1, 0.15) is 69.0 Å². The molecule has 4 amide bonds. The average Bonchev–Trinajstić information content (AvgIpc) is 3.06. The minimum Gasteiger partial charge on any atom is -0.496 e. The van der Waals surface area contributed by atoms with E-state index < -0.39 is 11.6 Å². The lowest BCUT2D eigenvalue weighted by Crippen LogP contribution is -2.51. The summed E-state index contributed by atoms with van der Waals surface area (Å²) in [6, 6.07) is 14.6. The summed E-state index contributed by atoms with van der Waals surface area (Å²) in [6.45, 7) is 3.74. The number of nitrogens with one attached hydrogen (secondary N) is 1. The van der Waals surface area contributed by atoms with Gasteiger partial charge in [-0.15, -0.1) is 0 Å². The number of benzene rings is 2. The van der Waals surface area contributed by atoms with E-state index in [1.165, 1.54) is 0 Å². The fourth-order valence-electron chi connectivity index (χ4n) is 5.43. The Kier molecular flexibility index (Phi) is 7.43. The lowest BCUT2D eigenvalue weighted by atomic mass is 9.80. The van der Waals surface area contributed by atoms with E-state index in [2.05, 4.69) is 5.32 Å². The van der Waals surface area contributed by atoms with E-state index in [1.54, 1.807) is 12.0 Å². The van der Waals surface area contributed by atoms with Gasteiger partial charge in [0.1, 0.15) is 17.8 Å². The maximum absolute atomic E-state index is 13.7. The molecule has 0 bridgehead atoms. The predicted molar refractivity (Wildman–Crippen MR) is 135 cm³/mol. The molecule has 4 rings (SSSR count). The van der Waals surface area contributed by atoms with Crippen molar-refractivity contribution < 1.29 is 19.1 Å². The van der Waals surface area contributed by atoms with E-state index in [0.717, 1.165) is 41.7 Å². The van der Waals surface area contributed by atoms with Crippen LogP contribution in [0.3, 0.4) is 0 Å². The summed E-state index contributed by atoms with van der Waals surface area (Å²) in [5, 5.41) is 3.05. The van der Waals surface area contributed by atoms with Gasteiger partial charge in [-0.3, -0.25) is 19.4 Å². The van der Waals surface area contributed by atoms with Crippen molar-refractivity contribution in [2.45, 2.75) is 70.4 Å². The molecule has 1 N–H and O–H groups in total. The molecule has 1 aliphatic carbocycles. The average molecular weight is 478 g/mol. The zero-order valence-corrected chi connectivity index (χ0v) is 20.9. The molecule has 0 aromatic heterocycles. The number of urea groups is 1. The minimum atomic E-state index is -0.906. The highest BCUT2D eigenvalue weighted by Crippen LogP contribution is 2.43. The molecule has 2 fully saturated rings. The second kappa shape index (κ2) is 10.5. The van der Waals surface area contributed by atoms with Crippen LogP contribution in [0.4, 0.5) is 10.5 Å². The molecule has 1 spiro atoms. The first kappa shape index (κ1) is 24.8. The molecule has 35 heavy (non-hydrogen) atoms. The molecule has 1 heterocycles. The van der Waals surface area contributed by atoms with Crippen LogP contribution in [0.15, 0.2) is 48.5 Å². The Morgan fingerprint density at radius 3 is 2.40 bits per heavy atom. The number of imide groups is 1. The molecule has 186 valence electrons. The van der Waals surface area contributed by atoms with E-state index in [4.69, 9.17) is 4.74 Å². The van der Waals surface area contributed by atoms with Gasteiger partial charge in [0.15, 0.2) is 0 Å². The first-order valence-electron chi connectivity index (χ1n) is 12.6. The third-order valence-corrected chi connectivity index (χ3v) is 7.19. The molecule has 2 aromatic rings. The van der Waals surface area contributed by atoms with Crippen LogP contribution >= 0.6 is 0 Å². The van der Waals surface area contributed by atoms with Crippen LogP contribution in [-0.4, -0.2) is 41.9 Å². The van der Waals surface area contributed by atoms with Gasteiger partial charge in [-0.1, -0.05) is 68.5 Å². The smallest absolute Gasteiger partial charge is 0.332 e. The van der Waals surface area contributed by atoms with Gasteiger partial charge in [0.2, 0.25) is 5.91 Å². The fraction of sp³-hybridized carbons (Fsp3) is 0.464. The van der Waals surface area contributed by atoms with E-state index in [-0.39, 0.29) is 24.4 Å². The number of anilines is 1. The Morgan fingerprint density at radius 2 is 1.74 bits per heavy atom. The molecule has 7 heteroatoms. The maximum Gasteiger partial charge on any atom is 0.332 e. The molecule has 1 unspecified atom stereocenters. The van der Waals surface area contributed by atoms with Crippen LogP contribution in [0.5, 0.6) is 5.75 Å². The lowest BCUT2D eigenvalue weighted by molar-refractivity contribution is -0.135. The minimum absolute atomic E-state index is 0.262. The van der Waals surface area contributed by atoms with Gasteiger partial charge < -0.3 is 10.1 Å². The van der Waals surface area contributed by atoms with Crippen LogP contribution in [0.2, 0.25) is 0 Å². The van der Waals surface area contributed by atoms with Crippen molar-refractivity contribution >= 4 is 23.5 Å². The lowest BCUT2D eigenvalue weighted by Gasteiger charge is -2.38. The number of methoxy groups -OCH3 is 1. The summed E-state index contributed by atoms with van der Waals surface area (Å²) in [6.07, 6.45) is 5.61. The summed E-state index contributed by atoms with van der Waals surface area (Å²) in [7, 11) is 1.61. The van der Waals surface area contributed by atoms with Gasteiger partial charge >= 0.3 is 6.03 Å². The van der Waals surface area contributed by atoms with Gasteiger partial charge in [-0.2, -0.15) is 0 Å². The topological polar surface area (TPSA) is 79.0 Å². The normalized spacial score (nSPS) is 18.1. The number of hydrogen-bond donors (Lipinski definition) is 1. The van der Waals surface area contributed by atoms with Crippen molar-refractivity contribution in [3.05, 3.63) is 59.7 Å². The second-order valence-corrected chi connectivity index (χ2v) is 9.59. The SMILES string of the molecule is CCCC(NC(=O)CN1C(=O)N(c2ccc(C)cc2)C2(CCCCC2)C1=O)c1ccccc1OC. The van der Waals surface area contributed by atoms with Gasteiger partial charge in [0, 0.05) is 11.3 Å². The van der Waals surface area contributed by atoms with Crippen molar-refractivity contribution in [3.8, 4) is 5.75 Å². The standard InChI is InChI=1S/C28H35N3O4/c1-4-10-23(22-11-6-7-12-24(22)35-3)29-25(32)19-30-26(33)28(17-8-5-9-18-28)31(27(30)34)21-15-13-20(2)14-16-21/h6-7,11-16,23H,4-5,8-10,17-19H2,1-3H3,(H,29,32). The number of carbonyl (C=O) groups excluding carboxylic acids is 3. The first-order valence-corrected chi connectivity index (χ1v) is 12.6. The number of carbonyl (C=O) groups is 3. The number of hydrogen-bond acceptors (Lipinski definition) is 4. The van der Waals surface area contributed by atoms with E-state index in [0.29, 0.717) is 30.7 Å². The molecule has 1 atom stereocenters. The zero-order chi connectivity index (χ0) is 25.0.